The summed E-state index contributed by atoms with van der Waals surface area (Å²) in [4.78, 5) is 48.4. The second-order valence-corrected chi connectivity index (χ2v) is 17.4. The number of phosphoric ester groups is 1. The molecule has 2 aromatic heterocycles. The summed E-state index contributed by atoms with van der Waals surface area (Å²) >= 11 is 1.21. The van der Waals surface area contributed by atoms with Crippen LogP contribution in [0.25, 0.3) is 10.9 Å². The van der Waals surface area contributed by atoms with E-state index in [9.17, 15) is 27.9 Å². The molecule has 0 unspecified atom stereocenters. The van der Waals surface area contributed by atoms with Crippen molar-refractivity contribution < 1.29 is 41.9 Å². The molecule has 4 N–H and O–H groups in total. The third-order valence-electron chi connectivity index (χ3n) is 9.58. The van der Waals surface area contributed by atoms with Gasteiger partial charge in [-0.25, -0.2) is 28.3 Å². The molecule has 0 saturated carbocycles. The summed E-state index contributed by atoms with van der Waals surface area (Å²) in [7, 11) is -3.23. The van der Waals surface area contributed by atoms with Gasteiger partial charge in [-0.15, -0.1) is 11.3 Å². The fourth-order valence-corrected chi connectivity index (χ4v) is 9.55. The predicted molar refractivity (Wildman–Crippen MR) is 200 cm³/mol. The van der Waals surface area contributed by atoms with Crippen molar-refractivity contribution in [2.75, 3.05) is 44.0 Å². The van der Waals surface area contributed by atoms with Crippen LogP contribution in [0.5, 0.6) is 11.5 Å². The van der Waals surface area contributed by atoms with Crippen LogP contribution in [-0.2, 0) is 20.3 Å². The summed E-state index contributed by atoms with van der Waals surface area (Å²) in [5.41, 5.74) is -1.77. The Kier molecular flexibility index (Phi) is 12.1. The highest BCUT2D eigenvalue weighted by Crippen LogP contribution is 2.60. The summed E-state index contributed by atoms with van der Waals surface area (Å²) in [6.45, 7) is 14.3. The zero-order valence-corrected chi connectivity index (χ0v) is 32.6. The first-order valence-electron chi connectivity index (χ1n) is 17.2. The first-order chi connectivity index (χ1) is 24.8. The minimum absolute atomic E-state index is 0.0662. The number of hydrogen-bond donors (Lipinski definition) is 4. The van der Waals surface area contributed by atoms with Crippen LogP contribution in [0.4, 0.5) is 25.4 Å². The Morgan fingerprint density at radius 2 is 1.74 bits per heavy atom. The van der Waals surface area contributed by atoms with E-state index in [0.717, 1.165) is 19.2 Å². The van der Waals surface area contributed by atoms with E-state index in [-0.39, 0.29) is 18.0 Å². The van der Waals surface area contributed by atoms with Crippen LogP contribution in [0.3, 0.4) is 0 Å². The molecule has 13 nitrogen and oxygen atoms in total. The first-order valence-corrected chi connectivity index (χ1v) is 19.6. The topological polar surface area (TPSA) is 168 Å². The maximum absolute atomic E-state index is 14.0. The lowest BCUT2D eigenvalue weighted by Gasteiger charge is -2.58. The average Bonchev–Trinajstić information content (AvgIpc) is 3.50. The number of ether oxygens (including phenoxy) is 2. The first kappa shape index (κ1) is 40.4. The van der Waals surface area contributed by atoms with E-state index >= 15 is 0 Å². The fraction of sp³-hybridized carbons (Fsp3) is 0.500. The number of nitrogens with zero attached hydrogens (tertiary/aromatic N) is 4. The quantitative estimate of drug-likeness (QED) is 0.100. The Morgan fingerprint density at radius 3 is 2.38 bits per heavy atom. The van der Waals surface area contributed by atoms with E-state index in [1.807, 2.05) is 41.5 Å². The summed E-state index contributed by atoms with van der Waals surface area (Å²) in [5.74, 6) is -1.32. The SMILES string of the molecule is COc1cc2c(Nc3ncc(CC(=O)Nc4cccc(F)c4F)s3)ncnc2cc1OCCN1CCC(C(OP(=O)(O)O)(C(C)(C)C)C(C)(C)C)CC1. The van der Waals surface area contributed by atoms with E-state index in [2.05, 4.69) is 30.5 Å². The number of methoxy groups -OCH3 is 1. The van der Waals surface area contributed by atoms with Gasteiger partial charge in [0, 0.05) is 29.1 Å². The molecule has 0 aliphatic carbocycles. The van der Waals surface area contributed by atoms with Gasteiger partial charge in [0.05, 0.1) is 30.3 Å². The standard InChI is InChI=1S/C36H47F2N6O7PS/c1-34(2,3)36(35(4,5)6,51-52(46,47)48)22-11-13-44(14-12-22)15-16-50-29-19-27-24(18-28(29)49-7)32(41-21-40-27)43-33-39-20-23(53-33)17-30(45)42-26-10-8-9-25(37)31(26)38/h8-10,18-22H,11-17H2,1-7H3,(H,42,45)(H2,46,47,48)(H,39,40,41,43). The van der Waals surface area contributed by atoms with Crippen LogP contribution in [0.2, 0.25) is 0 Å². The molecule has 0 spiro atoms. The van der Waals surface area contributed by atoms with Crippen LogP contribution < -0.4 is 20.1 Å². The lowest BCUT2D eigenvalue weighted by Crippen LogP contribution is -2.61. The number of anilines is 3. The van der Waals surface area contributed by atoms with Crippen molar-refractivity contribution in [1.29, 1.82) is 0 Å². The molecular weight excluding hydrogens is 729 g/mol. The van der Waals surface area contributed by atoms with Gasteiger partial charge in [-0.3, -0.25) is 14.2 Å². The van der Waals surface area contributed by atoms with E-state index in [0.29, 0.717) is 64.2 Å². The number of carbonyl (C=O) groups is 1. The minimum Gasteiger partial charge on any atom is -0.493 e. The molecule has 53 heavy (non-hydrogen) atoms. The van der Waals surface area contributed by atoms with Gasteiger partial charge in [0.2, 0.25) is 5.91 Å². The molecule has 1 fully saturated rings. The molecule has 2 aromatic carbocycles. The minimum atomic E-state index is -4.77. The molecule has 1 saturated heterocycles. The van der Waals surface area contributed by atoms with Gasteiger partial charge in [0.25, 0.3) is 0 Å². The zero-order valence-electron chi connectivity index (χ0n) is 30.9. The number of aromatic nitrogens is 3. The number of benzene rings is 2. The number of carbonyl (C=O) groups excluding carboxylic acids is 1. The summed E-state index contributed by atoms with van der Waals surface area (Å²) in [5, 5.41) is 6.66. The third-order valence-corrected chi connectivity index (χ3v) is 11.0. The number of rotatable bonds is 13. The highest BCUT2D eigenvalue weighted by Gasteiger charge is 2.59. The largest absolute Gasteiger partial charge is 0.493 e. The number of nitrogens with one attached hydrogen (secondary N) is 2. The summed E-state index contributed by atoms with van der Waals surface area (Å²) in [6, 6.07) is 7.12. The van der Waals surface area contributed by atoms with Crippen molar-refractivity contribution in [3.63, 3.8) is 0 Å². The highest BCUT2D eigenvalue weighted by atomic mass is 32.1. The van der Waals surface area contributed by atoms with Gasteiger partial charge < -0.3 is 29.9 Å². The third kappa shape index (κ3) is 9.30. The van der Waals surface area contributed by atoms with Gasteiger partial charge in [0.1, 0.15) is 18.8 Å². The van der Waals surface area contributed by atoms with Crippen molar-refractivity contribution >= 4 is 52.6 Å². The van der Waals surface area contributed by atoms with E-state index in [4.69, 9.17) is 14.0 Å². The molecule has 3 heterocycles. The van der Waals surface area contributed by atoms with Crippen LogP contribution in [0.1, 0.15) is 59.3 Å². The highest BCUT2D eigenvalue weighted by molar-refractivity contribution is 7.46. The molecule has 0 bridgehead atoms. The Balaban J connectivity index is 1.21. The number of likely N-dealkylation sites (tertiary alicyclic amines) is 1. The van der Waals surface area contributed by atoms with Crippen LogP contribution in [-0.4, -0.2) is 74.5 Å². The molecular formula is C36H47F2N6O7PS. The van der Waals surface area contributed by atoms with Crippen molar-refractivity contribution in [2.24, 2.45) is 16.7 Å². The van der Waals surface area contributed by atoms with Gasteiger partial charge in [-0.1, -0.05) is 47.6 Å². The molecule has 1 aliphatic rings. The van der Waals surface area contributed by atoms with Crippen molar-refractivity contribution in [3.8, 4) is 11.5 Å². The molecule has 288 valence electrons. The van der Waals surface area contributed by atoms with Crippen LogP contribution in [0.15, 0.2) is 42.9 Å². The molecule has 0 radical (unpaired) electrons. The number of phosphoric acid groups is 1. The zero-order chi connectivity index (χ0) is 38.8. The Labute approximate surface area is 311 Å². The van der Waals surface area contributed by atoms with Gasteiger partial charge in [-0.05, 0) is 60.9 Å². The number of piperidine rings is 1. The van der Waals surface area contributed by atoms with E-state index in [1.165, 1.54) is 36.0 Å². The Hall–Kier alpha value is -3.79. The predicted octanol–water partition coefficient (Wildman–Crippen LogP) is 7.33. The van der Waals surface area contributed by atoms with Crippen molar-refractivity contribution in [1.82, 2.24) is 19.9 Å². The molecule has 17 heteroatoms. The molecule has 5 rings (SSSR count). The van der Waals surface area contributed by atoms with Crippen molar-refractivity contribution in [3.05, 3.63) is 59.4 Å². The van der Waals surface area contributed by atoms with Gasteiger partial charge in [0.15, 0.2) is 28.3 Å². The molecule has 1 aliphatic heterocycles. The summed E-state index contributed by atoms with van der Waals surface area (Å²) in [6.07, 6.45) is 4.26. The number of fused-ring (bicyclic) bond motifs is 1. The van der Waals surface area contributed by atoms with E-state index in [1.54, 1.807) is 19.2 Å². The monoisotopic (exact) mass is 776 g/mol. The maximum atomic E-state index is 14.0. The van der Waals surface area contributed by atoms with Crippen LogP contribution in [0, 0.1) is 28.4 Å². The smallest absolute Gasteiger partial charge is 0.470 e. The Morgan fingerprint density at radius 1 is 1.04 bits per heavy atom. The van der Waals surface area contributed by atoms with Gasteiger partial charge >= 0.3 is 7.82 Å². The number of thiazole rings is 1. The fourth-order valence-electron chi connectivity index (χ4n) is 7.67. The average molecular weight is 777 g/mol. The lowest BCUT2D eigenvalue weighted by atomic mass is 9.55. The van der Waals surface area contributed by atoms with Crippen LogP contribution >= 0.6 is 19.2 Å². The van der Waals surface area contributed by atoms with Gasteiger partial charge in [-0.2, -0.15) is 0 Å². The molecule has 4 aromatic rings. The normalized spacial score (nSPS) is 15.1. The second kappa shape index (κ2) is 15.9. The Bertz CT molecular complexity index is 1960. The number of halogens is 2. The second-order valence-electron chi connectivity index (χ2n) is 15.1. The number of hydrogen-bond acceptors (Lipinski definition) is 11. The van der Waals surface area contributed by atoms with Crippen molar-refractivity contribution in [2.45, 2.75) is 66.4 Å². The molecule has 1 amide bonds. The summed E-state index contributed by atoms with van der Waals surface area (Å²) < 4.78 is 57.4. The molecule has 0 atom stereocenters. The maximum Gasteiger partial charge on any atom is 0.470 e. The lowest BCUT2D eigenvalue weighted by molar-refractivity contribution is -0.176. The number of amides is 1. The van der Waals surface area contributed by atoms with E-state index < -0.39 is 41.8 Å².